The predicted molar refractivity (Wildman–Crippen MR) is 87.5 cm³/mol. The Morgan fingerprint density at radius 1 is 1.24 bits per heavy atom. The number of benzene rings is 1. The van der Waals surface area contributed by atoms with Crippen LogP contribution >= 0.6 is 11.6 Å². The molecule has 0 fully saturated rings. The molecule has 1 heterocycles. The van der Waals surface area contributed by atoms with Gasteiger partial charge in [-0.2, -0.15) is 0 Å². The van der Waals surface area contributed by atoms with E-state index in [1.54, 1.807) is 0 Å². The fourth-order valence-electron chi connectivity index (χ4n) is 2.26. The van der Waals surface area contributed by atoms with E-state index in [0.29, 0.717) is 18.7 Å². The van der Waals surface area contributed by atoms with Gasteiger partial charge in [-0.05, 0) is 18.4 Å². The molecule has 0 saturated carbocycles. The van der Waals surface area contributed by atoms with E-state index in [9.17, 15) is 5.11 Å². The van der Waals surface area contributed by atoms with Gasteiger partial charge in [-0.15, -0.1) is 11.6 Å². The van der Waals surface area contributed by atoms with Gasteiger partial charge in [0.15, 0.2) is 5.76 Å². The van der Waals surface area contributed by atoms with Gasteiger partial charge >= 0.3 is 0 Å². The third-order valence-electron chi connectivity index (χ3n) is 3.07. The summed E-state index contributed by atoms with van der Waals surface area (Å²) in [6.07, 6.45) is 0.930. The van der Waals surface area contributed by atoms with Gasteiger partial charge in [0.05, 0.1) is 17.7 Å². The summed E-state index contributed by atoms with van der Waals surface area (Å²) in [5, 5.41) is 10.1. The summed E-state index contributed by atoms with van der Waals surface area (Å²) in [4.78, 5) is 4.35. The molecule has 0 amide bonds. The average molecular weight is 310 g/mol. The first-order valence-electron chi connectivity index (χ1n) is 7.61. The van der Waals surface area contributed by atoms with E-state index in [4.69, 9.17) is 16.0 Å². The average Bonchev–Trinajstić information content (AvgIpc) is 2.94. The van der Waals surface area contributed by atoms with Gasteiger partial charge in [-0.1, -0.05) is 52.0 Å². The van der Waals surface area contributed by atoms with Crippen LogP contribution in [0.4, 0.5) is 0 Å². The van der Waals surface area contributed by atoms with Crippen LogP contribution in [0.2, 0.25) is 0 Å². The largest absolute Gasteiger partial charge is 0.439 e. The standard InChI is InChI=1S/C13H12ClNO2.2C2H6/c14-7-12-15-10-5-6-11(16)8-3-1-2-4-9(8)13(10)17-12;2*1-2/h1-4,11,16H,5-7H2;2*1-2H3. The number of rotatable bonds is 1. The number of hydrogen-bond donors (Lipinski definition) is 1. The smallest absolute Gasteiger partial charge is 0.210 e. The van der Waals surface area contributed by atoms with Crippen LogP contribution in [0, 0.1) is 0 Å². The molecule has 1 aliphatic rings. The van der Waals surface area contributed by atoms with Gasteiger partial charge in [0.1, 0.15) is 0 Å². The lowest BCUT2D eigenvalue weighted by Gasteiger charge is -2.10. The Kier molecular flexibility index (Phi) is 7.48. The van der Waals surface area contributed by atoms with Crippen molar-refractivity contribution in [2.75, 3.05) is 0 Å². The highest BCUT2D eigenvalue weighted by Crippen LogP contribution is 2.37. The molecule has 0 spiro atoms. The molecule has 0 saturated heterocycles. The summed E-state index contributed by atoms with van der Waals surface area (Å²) in [7, 11) is 0. The van der Waals surface area contributed by atoms with E-state index in [-0.39, 0.29) is 5.88 Å². The summed E-state index contributed by atoms with van der Waals surface area (Å²) in [5.41, 5.74) is 2.73. The maximum atomic E-state index is 10.1. The van der Waals surface area contributed by atoms with Gasteiger partial charge < -0.3 is 9.52 Å². The molecule has 1 unspecified atom stereocenters. The Balaban J connectivity index is 0.000000510. The summed E-state index contributed by atoms with van der Waals surface area (Å²) >= 11 is 5.74. The van der Waals surface area contributed by atoms with Crippen molar-refractivity contribution >= 4 is 11.6 Å². The second-order valence-corrected chi connectivity index (χ2v) is 4.43. The van der Waals surface area contributed by atoms with Crippen molar-refractivity contribution in [2.24, 2.45) is 0 Å². The van der Waals surface area contributed by atoms with Gasteiger partial charge in [0.25, 0.3) is 0 Å². The lowest BCUT2D eigenvalue weighted by atomic mass is 10.0. The number of oxazole rings is 1. The van der Waals surface area contributed by atoms with Crippen molar-refractivity contribution in [2.45, 2.75) is 52.5 Å². The van der Waals surface area contributed by atoms with Crippen molar-refractivity contribution < 1.29 is 9.52 Å². The number of aliphatic hydroxyl groups is 1. The minimum atomic E-state index is -0.449. The molecular formula is C17H24ClNO2. The first-order valence-corrected chi connectivity index (χ1v) is 8.15. The summed E-state index contributed by atoms with van der Waals surface area (Å²) in [5.74, 6) is 1.58. The Morgan fingerprint density at radius 2 is 1.90 bits per heavy atom. The molecule has 2 aromatic rings. The molecule has 21 heavy (non-hydrogen) atoms. The second kappa shape index (κ2) is 8.85. The lowest BCUT2D eigenvalue weighted by Crippen LogP contribution is -1.98. The number of halogens is 1. The van der Waals surface area contributed by atoms with E-state index >= 15 is 0 Å². The van der Waals surface area contributed by atoms with Crippen molar-refractivity contribution in [1.82, 2.24) is 4.98 Å². The van der Waals surface area contributed by atoms with Crippen molar-refractivity contribution in [3.05, 3.63) is 41.4 Å². The maximum absolute atomic E-state index is 10.1. The molecule has 3 rings (SSSR count). The van der Waals surface area contributed by atoms with Crippen LogP contribution in [-0.2, 0) is 12.3 Å². The van der Waals surface area contributed by atoms with Crippen LogP contribution in [-0.4, -0.2) is 10.1 Å². The van der Waals surface area contributed by atoms with Crippen molar-refractivity contribution in [1.29, 1.82) is 0 Å². The van der Waals surface area contributed by atoms with Crippen LogP contribution in [0.15, 0.2) is 28.7 Å². The minimum absolute atomic E-state index is 0.276. The third kappa shape index (κ3) is 3.86. The zero-order chi connectivity index (χ0) is 15.8. The fourth-order valence-corrected chi connectivity index (χ4v) is 2.38. The topological polar surface area (TPSA) is 46.3 Å². The van der Waals surface area contributed by atoms with E-state index in [0.717, 1.165) is 22.6 Å². The van der Waals surface area contributed by atoms with Gasteiger partial charge in [-0.3, -0.25) is 0 Å². The molecule has 3 nitrogen and oxygen atoms in total. The van der Waals surface area contributed by atoms with Crippen molar-refractivity contribution in [3.63, 3.8) is 0 Å². The van der Waals surface area contributed by atoms with Gasteiger partial charge in [0.2, 0.25) is 5.89 Å². The number of aryl methyl sites for hydroxylation is 1. The molecule has 1 aromatic carbocycles. The maximum Gasteiger partial charge on any atom is 0.210 e. The van der Waals surface area contributed by atoms with Crippen LogP contribution < -0.4 is 0 Å². The minimum Gasteiger partial charge on any atom is -0.439 e. The lowest BCUT2D eigenvalue weighted by molar-refractivity contribution is 0.169. The summed E-state index contributed by atoms with van der Waals surface area (Å²) < 4.78 is 5.66. The number of fused-ring (bicyclic) bond motifs is 3. The zero-order valence-corrected chi connectivity index (χ0v) is 13.9. The number of alkyl halides is 1. The highest BCUT2D eigenvalue weighted by molar-refractivity contribution is 6.16. The van der Waals surface area contributed by atoms with E-state index in [2.05, 4.69) is 4.98 Å². The first kappa shape index (κ1) is 17.7. The predicted octanol–water partition coefficient (Wildman–Crippen LogP) is 5.11. The molecule has 1 aromatic heterocycles. The molecule has 4 heteroatoms. The molecule has 1 aliphatic carbocycles. The van der Waals surface area contributed by atoms with E-state index in [1.165, 1.54) is 0 Å². The Morgan fingerprint density at radius 3 is 2.57 bits per heavy atom. The molecule has 116 valence electrons. The van der Waals surface area contributed by atoms with Crippen LogP contribution in [0.1, 0.15) is 57.4 Å². The number of nitrogens with zero attached hydrogens (tertiary/aromatic N) is 1. The molecular weight excluding hydrogens is 286 g/mol. The van der Waals surface area contributed by atoms with E-state index < -0.39 is 6.10 Å². The zero-order valence-electron chi connectivity index (χ0n) is 13.2. The number of hydrogen-bond acceptors (Lipinski definition) is 3. The molecule has 0 bridgehead atoms. The highest BCUT2D eigenvalue weighted by atomic mass is 35.5. The Hall–Kier alpha value is -1.32. The second-order valence-electron chi connectivity index (χ2n) is 4.16. The third-order valence-corrected chi connectivity index (χ3v) is 3.30. The number of aliphatic hydroxyl groups excluding tert-OH is 1. The highest BCUT2D eigenvalue weighted by Gasteiger charge is 2.24. The molecule has 0 aliphatic heterocycles. The Bertz CT molecular complexity index is 551. The van der Waals surface area contributed by atoms with Crippen molar-refractivity contribution in [3.8, 4) is 11.3 Å². The molecule has 0 radical (unpaired) electrons. The summed E-state index contributed by atoms with van der Waals surface area (Å²) in [6.45, 7) is 8.00. The SMILES string of the molecule is CC.CC.OC1CCc2nc(CCl)oc2-c2ccccc21. The summed E-state index contributed by atoms with van der Waals surface area (Å²) in [6, 6.07) is 7.74. The van der Waals surface area contributed by atoms with Gasteiger partial charge in [0, 0.05) is 5.56 Å². The van der Waals surface area contributed by atoms with E-state index in [1.807, 2.05) is 52.0 Å². The first-order chi connectivity index (χ1) is 10.3. The molecule has 1 atom stereocenters. The quantitative estimate of drug-likeness (QED) is 0.744. The van der Waals surface area contributed by atoms with Crippen LogP contribution in [0.25, 0.3) is 11.3 Å². The monoisotopic (exact) mass is 309 g/mol. The van der Waals surface area contributed by atoms with Crippen LogP contribution in [0.3, 0.4) is 0 Å². The van der Waals surface area contributed by atoms with Gasteiger partial charge in [-0.25, -0.2) is 4.98 Å². The Labute approximate surface area is 132 Å². The fraction of sp³-hybridized carbons (Fsp3) is 0.471. The molecule has 1 N–H and O–H groups in total. The number of aromatic nitrogens is 1. The van der Waals surface area contributed by atoms with Crippen LogP contribution in [0.5, 0.6) is 0 Å². The normalized spacial score (nSPS) is 15.4.